The van der Waals surface area contributed by atoms with Gasteiger partial charge in [-0.2, -0.15) is 0 Å². The van der Waals surface area contributed by atoms with E-state index in [2.05, 4.69) is 215 Å². The van der Waals surface area contributed by atoms with Crippen molar-refractivity contribution in [2.24, 2.45) is 0 Å². The van der Waals surface area contributed by atoms with Gasteiger partial charge in [0, 0.05) is 38.4 Å². The quantitative estimate of drug-likeness (QED) is 0.142. The fraction of sp³-hybridized carbons (Fsp3) is 0. The van der Waals surface area contributed by atoms with E-state index in [-0.39, 0.29) is 0 Å². The average Bonchev–Trinajstić information content (AvgIpc) is 3.90. The summed E-state index contributed by atoms with van der Waals surface area (Å²) in [5, 5.41) is 4.13. The van der Waals surface area contributed by atoms with E-state index in [0.29, 0.717) is 16.4 Å². The number of fused-ring (bicyclic) bond motifs is 6. The normalized spacial score (nSPS) is 11.6. The molecule has 2 heterocycles. The monoisotopic (exact) mass is 818 g/mol. The Hall–Kier alpha value is -8.01. The third kappa shape index (κ3) is 6.38. The minimum absolute atomic E-state index is 0.452. The maximum atomic E-state index is 7.59. The zero-order chi connectivity index (χ0) is 43.6. The van der Waals surface area contributed by atoms with Gasteiger partial charge in [-0.1, -0.05) is 192 Å². The highest BCUT2D eigenvalue weighted by Crippen LogP contribution is 2.40. The van der Waals surface area contributed by atoms with Crippen molar-refractivity contribution in [1.82, 2.24) is 9.13 Å². The summed E-state index contributed by atoms with van der Waals surface area (Å²) in [5.41, 5.74) is 18.3. The average molecular weight is 818 g/mol. The van der Waals surface area contributed by atoms with Crippen LogP contribution in [-0.2, 0) is 0 Å². The molecule has 0 spiro atoms. The highest BCUT2D eigenvalue weighted by molar-refractivity contribution is 6.60. The lowest BCUT2D eigenvalue weighted by molar-refractivity contribution is 1.18. The summed E-state index contributed by atoms with van der Waals surface area (Å²) in [6.45, 7) is 0. The van der Waals surface area contributed by atoms with Crippen molar-refractivity contribution in [1.29, 1.82) is 0 Å². The molecule has 0 fully saturated rings. The van der Waals surface area contributed by atoms with Crippen LogP contribution in [0, 0.1) is 0 Å². The van der Waals surface area contributed by atoms with E-state index in [1.165, 1.54) is 16.7 Å². The third-order valence-electron chi connectivity index (χ3n) is 13.1. The van der Waals surface area contributed by atoms with Gasteiger partial charge in [0.1, 0.15) is 23.5 Å². The maximum Gasteiger partial charge on any atom is 0.115 e. The number of benzene rings is 10. The van der Waals surface area contributed by atoms with Gasteiger partial charge in [0.15, 0.2) is 0 Å². The highest BCUT2D eigenvalue weighted by atomic mass is 15.0. The summed E-state index contributed by atoms with van der Waals surface area (Å²) in [6.07, 6.45) is 0. The molecule has 0 amide bonds. The Bertz CT molecular complexity index is 3740. The summed E-state index contributed by atoms with van der Waals surface area (Å²) in [7, 11) is 22.2. The molecule has 2 nitrogen and oxygen atoms in total. The molecule has 0 saturated carbocycles. The van der Waals surface area contributed by atoms with Gasteiger partial charge >= 0.3 is 0 Å². The second kappa shape index (κ2) is 15.7. The Balaban J connectivity index is 1.07. The van der Waals surface area contributed by atoms with Crippen LogP contribution in [0.2, 0.25) is 0 Å². The Kier molecular flexibility index (Phi) is 9.31. The fourth-order valence-corrected chi connectivity index (χ4v) is 9.96. The Morgan fingerprint density at radius 1 is 0.277 bits per heavy atom. The molecular formula is C60H37B3N2. The number of hydrogen-bond donors (Lipinski definition) is 0. The van der Waals surface area contributed by atoms with Crippen molar-refractivity contribution in [3.63, 3.8) is 0 Å². The molecule has 0 aliphatic heterocycles. The van der Waals surface area contributed by atoms with E-state index in [1.807, 2.05) is 18.2 Å². The SMILES string of the molecule is [B]c1c(-c2ccc3c(c2)c2ccccc2n3-c2ccc(-c3ccccc3)cc2)c([B])c2c3c(-c4ccc(-c5ccccc5)cc4)cccc3n(-c3ccc(-c4ccccc4)cc3)c2c1[B]. The molecule has 0 bridgehead atoms. The minimum atomic E-state index is 0.452. The van der Waals surface area contributed by atoms with Gasteiger partial charge in [-0.05, 0) is 104 Å². The fourth-order valence-electron chi connectivity index (χ4n) is 9.96. The van der Waals surface area contributed by atoms with Crippen LogP contribution in [-0.4, -0.2) is 32.7 Å². The van der Waals surface area contributed by atoms with E-state index in [9.17, 15) is 0 Å². The number of aromatic nitrogens is 2. The molecule has 296 valence electrons. The number of rotatable bonds is 7. The summed E-state index contributed by atoms with van der Waals surface area (Å²) in [4.78, 5) is 0. The molecule has 10 aromatic carbocycles. The van der Waals surface area contributed by atoms with E-state index in [1.54, 1.807) is 0 Å². The standard InChI is InChI=1S/C60H37B3N2/c61-57-54(45-31-36-52-50(37-45)49-19-10-11-21-51(49)64(52)46-32-27-42(28-33-46)39-15-6-2-7-16-39)58(62)59(63)60-56(57)55-48(44-25-23-41(24-26-44)38-13-4-1-5-14-38)20-12-22-53(55)65(60)47-34-29-43(30-35-47)40-17-8-3-9-18-40/h1-37H. The van der Waals surface area contributed by atoms with Crippen molar-refractivity contribution in [2.45, 2.75) is 0 Å². The first-order chi connectivity index (χ1) is 32.0. The van der Waals surface area contributed by atoms with Crippen molar-refractivity contribution < 1.29 is 0 Å². The van der Waals surface area contributed by atoms with Crippen LogP contribution in [0.15, 0.2) is 224 Å². The molecule has 0 atom stereocenters. The van der Waals surface area contributed by atoms with Gasteiger partial charge in [-0.25, -0.2) is 0 Å². The van der Waals surface area contributed by atoms with Crippen LogP contribution in [0.4, 0.5) is 0 Å². The first kappa shape index (κ1) is 38.7. The van der Waals surface area contributed by atoms with Crippen LogP contribution in [0.3, 0.4) is 0 Å². The van der Waals surface area contributed by atoms with Crippen molar-refractivity contribution in [3.8, 4) is 67.0 Å². The largest absolute Gasteiger partial charge is 0.310 e. The molecule has 65 heavy (non-hydrogen) atoms. The van der Waals surface area contributed by atoms with Crippen LogP contribution in [0.25, 0.3) is 111 Å². The summed E-state index contributed by atoms with van der Waals surface area (Å²) in [6, 6.07) is 79.1. The summed E-state index contributed by atoms with van der Waals surface area (Å²) < 4.78 is 4.56. The number of hydrogen-bond acceptors (Lipinski definition) is 0. The molecule has 12 aromatic rings. The van der Waals surface area contributed by atoms with E-state index < -0.39 is 0 Å². The van der Waals surface area contributed by atoms with Gasteiger partial charge in [0.25, 0.3) is 0 Å². The molecule has 0 saturated heterocycles. The van der Waals surface area contributed by atoms with Crippen LogP contribution in [0.1, 0.15) is 0 Å². The second-order valence-electron chi connectivity index (χ2n) is 16.7. The van der Waals surface area contributed by atoms with E-state index >= 15 is 0 Å². The number of para-hydroxylation sites is 1. The predicted molar refractivity (Wildman–Crippen MR) is 278 cm³/mol. The number of nitrogens with zero attached hydrogens (tertiary/aromatic N) is 2. The van der Waals surface area contributed by atoms with E-state index in [4.69, 9.17) is 23.5 Å². The molecule has 0 N–H and O–H groups in total. The molecule has 6 radical (unpaired) electrons. The van der Waals surface area contributed by atoms with Crippen molar-refractivity contribution >= 4 is 83.5 Å². The third-order valence-corrected chi connectivity index (χ3v) is 13.1. The lowest BCUT2D eigenvalue weighted by Crippen LogP contribution is -2.35. The van der Waals surface area contributed by atoms with Crippen LogP contribution < -0.4 is 16.4 Å². The van der Waals surface area contributed by atoms with Gasteiger partial charge in [-0.15, -0.1) is 0 Å². The zero-order valence-electron chi connectivity index (χ0n) is 35.5. The maximum absolute atomic E-state index is 7.59. The zero-order valence-corrected chi connectivity index (χ0v) is 35.5. The highest BCUT2D eigenvalue weighted by Gasteiger charge is 2.24. The first-order valence-electron chi connectivity index (χ1n) is 22.0. The summed E-state index contributed by atoms with van der Waals surface area (Å²) in [5.74, 6) is 0. The van der Waals surface area contributed by atoms with Gasteiger partial charge in [0.2, 0.25) is 0 Å². The van der Waals surface area contributed by atoms with Gasteiger partial charge < -0.3 is 9.13 Å². The van der Waals surface area contributed by atoms with Gasteiger partial charge in [-0.3, -0.25) is 0 Å². The second-order valence-corrected chi connectivity index (χ2v) is 16.7. The van der Waals surface area contributed by atoms with Crippen molar-refractivity contribution in [3.05, 3.63) is 224 Å². The van der Waals surface area contributed by atoms with E-state index in [0.717, 1.165) is 93.9 Å². The Labute approximate surface area is 382 Å². The predicted octanol–water partition coefficient (Wildman–Crippen LogP) is 12.6. The van der Waals surface area contributed by atoms with Crippen molar-refractivity contribution in [2.75, 3.05) is 0 Å². The molecule has 5 heteroatoms. The molecular weight excluding hydrogens is 781 g/mol. The molecule has 0 unspecified atom stereocenters. The molecule has 12 rings (SSSR count). The lowest BCUT2D eigenvalue weighted by Gasteiger charge is -2.19. The van der Waals surface area contributed by atoms with Gasteiger partial charge in [0.05, 0.1) is 16.6 Å². The topological polar surface area (TPSA) is 9.86 Å². The smallest absolute Gasteiger partial charge is 0.115 e. The summed E-state index contributed by atoms with van der Waals surface area (Å²) >= 11 is 0. The first-order valence-corrected chi connectivity index (χ1v) is 22.0. The van der Waals surface area contributed by atoms with Crippen LogP contribution >= 0.6 is 0 Å². The molecule has 0 aliphatic rings. The molecule has 0 aliphatic carbocycles. The minimum Gasteiger partial charge on any atom is -0.310 e. The lowest BCUT2D eigenvalue weighted by atomic mass is 9.69. The van der Waals surface area contributed by atoms with Crippen LogP contribution in [0.5, 0.6) is 0 Å². The Morgan fingerprint density at radius 2 is 0.723 bits per heavy atom. The molecule has 2 aromatic heterocycles. The Morgan fingerprint density at radius 3 is 1.31 bits per heavy atom.